The molecular weight excluding hydrogens is 490 g/mol. The molecule has 0 aliphatic carbocycles. The number of likely N-dealkylation sites (tertiary alicyclic amines) is 1. The molecule has 1 saturated heterocycles. The second kappa shape index (κ2) is 13.1. The number of carbonyl (C=O) groups is 2. The van der Waals surface area contributed by atoms with E-state index in [1.54, 1.807) is 30.5 Å². The van der Waals surface area contributed by atoms with Crippen molar-refractivity contribution in [3.63, 3.8) is 0 Å². The second-order valence-corrected chi connectivity index (χ2v) is 9.97. The Morgan fingerprint density at radius 2 is 1.77 bits per heavy atom. The lowest BCUT2D eigenvalue weighted by molar-refractivity contribution is -0.110. The van der Waals surface area contributed by atoms with E-state index < -0.39 is 5.91 Å². The number of nitrogens with one attached hydrogen (secondary N) is 3. The van der Waals surface area contributed by atoms with Crippen LogP contribution in [-0.4, -0.2) is 51.5 Å². The Bertz CT molecular complexity index is 1310. The van der Waals surface area contributed by atoms with Gasteiger partial charge in [0, 0.05) is 41.8 Å². The third-order valence-corrected chi connectivity index (χ3v) is 7.11. The Balaban J connectivity index is 1.44. The van der Waals surface area contributed by atoms with E-state index >= 15 is 0 Å². The largest absolute Gasteiger partial charge is 0.398 e. The van der Waals surface area contributed by atoms with Crippen LogP contribution in [-0.2, 0) is 11.3 Å². The molecule has 3 aromatic rings. The van der Waals surface area contributed by atoms with Crippen molar-refractivity contribution in [2.45, 2.75) is 58.5 Å². The van der Waals surface area contributed by atoms with Crippen LogP contribution in [0.5, 0.6) is 0 Å². The van der Waals surface area contributed by atoms with Crippen LogP contribution in [0.3, 0.4) is 0 Å². The molecule has 9 nitrogen and oxygen atoms in total. The van der Waals surface area contributed by atoms with E-state index in [9.17, 15) is 9.59 Å². The van der Waals surface area contributed by atoms with Gasteiger partial charge in [0.1, 0.15) is 11.4 Å². The van der Waals surface area contributed by atoms with E-state index in [1.165, 1.54) is 25.5 Å². The summed E-state index contributed by atoms with van der Waals surface area (Å²) >= 11 is 0. The lowest BCUT2D eigenvalue weighted by Gasteiger charge is -2.26. The summed E-state index contributed by atoms with van der Waals surface area (Å²) in [5.74, 6) is -0.875. The van der Waals surface area contributed by atoms with Crippen molar-refractivity contribution < 1.29 is 9.59 Å². The highest BCUT2D eigenvalue weighted by Crippen LogP contribution is 2.25. The monoisotopic (exact) mass is 527 g/mol. The number of rotatable bonds is 10. The zero-order valence-electron chi connectivity index (χ0n) is 22.7. The van der Waals surface area contributed by atoms with Crippen molar-refractivity contribution in [3.8, 4) is 11.1 Å². The predicted octanol–water partition coefficient (Wildman–Crippen LogP) is 4.64. The number of carbonyl (C=O) groups excluding carboxylic acids is 2. The first-order valence-corrected chi connectivity index (χ1v) is 13.6. The highest BCUT2D eigenvalue weighted by molar-refractivity contribution is 6.48. The fourth-order valence-corrected chi connectivity index (χ4v) is 4.73. The normalized spacial score (nSPS) is 13.7. The molecule has 1 aliphatic rings. The summed E-state index contributed by atoms with van der Waals surface area (Å²) < 4.78 is 0. The number of amides is 2. The molecule has 39 heavy (non-hydrogen) atoms. The minimum atomic E-state index is -0.619. The van der Waals surface area contributed by atoms with Crippen molar-refractivity contribution in [3.05, 3.63) is 71.8 Å². The molecule has 3 heterocycles. The van der Waals surface area contributed by atoms with Gasteiger partial charge in [-0.05, 0) is 80.2 Å². The van der Waals surface area contributed by atoms with E-state index in [-0.39, 0.29) is 23.4 Å². The first-order chi connectivity index (χ1) is 18.9. The molecule has 9 heteroatoms. The molecule has 204 valence electrons. The number of pyridine rings is 2. The van der Waals surface area contributed by atoms with Crippen molar-refractivity contribution in [1.29, 1.82) is 5.41 Å². The number of hydrogen-bond donors (Lipinski definition) is 4. The minimum absolute atomic E-state index is 0.0910. The SMILES string of the molecule is CCC(CC)NC(=O)c1ccc(NC(=O)C(=N)c2cc(-c3cncc(CN4CCCCC4)c3)ccc2N)cn1. The third kappa shape index (κ3) is 7.26. The van der Waals surface area contributed by atoms with E-state index in [0.717, 1.165) is 49.2 Å². The molecule has 5 N–H and O–H groups in total. The smallest absolute Gasteiger partial charge is 0.274 e. The van der Waals surface area contributed by atoms with Crippen LogP contribution in [0.4, 0.5) is 11.4 Å². The van der Waals surface area contributed by atoms with Gasteiger partial charge in [-0.3, -0.25) is 24.9 Å². The Labute approximate surface area is 229 Å². The topological polar surface area (TPSA) is 137 Å². The first kappa shape index (κ1) is 27.9. The van der Waals surface area contributed by atoms with Gasteiger partial charge in [0.25, 0.3) is 11.8 Å². The van der Waals surface area contributed by atoms with E-state index in [1.807, 2.05) is 26.1 Å². The second-order valence-electron chi connectivity index (χ2n) is 9.97. The van der Waals surface area contributed by atoms with Crippen LogP contribution in [0.15, 0.2) is 55.0 Å². The summed E-state index contributed by atoms with van der Waals surface area (Å²) in [5.41, 5.74) is 10.1. The average molecular weight is 528 g/mol. The van der Waals surface area contributed by atoms with Crippen LogP contribution < -0.4 is 16.4 Å². The van der Waals surface area contributed by atoms with Crippen LogP contribution in [0.2, 0.25) is 0 Å². The molecule has 1 aliphatic heterocycles. The van der Waals surface area contributed by atoms with Crippen LogP contribution in [0, 0.1) is 5.41 Å². The number of aromatic nitrogens is 2. The summed E-state index contributed by atoms with van der Waals surface area (Å²) in [4.78, 5) is 36.4. The lowest BCUT2D eigenvalue weighted by atomic mass is 9.99. The highest BCUT2D eigenvalue weighted by Gasteiger charge is 2.18. The van der Waals surface area contributed by atoms with Gasteiger partial charge in [0.2, 0.25) is 0 Å². The Kier molecular flexibility index (Phi) is 9.38. The van der Waals surface area contributed by atoms with Crippen molar-refractivity contribution in [1.82, 2.24) is 20.2 Å². The van der Waals surface area contributed by atoms with Crippen LogP contribution in [0.1, 0.15) is 67.6 Å². The number of benzene rings is 1. The summed E-state index contributed by atoms with van der Waals surface area (Å²) in [6, 6.07) is 10.7. The fraction of sp³-hybridized carbons (Fsp3) is 0.367. The van der Waals surface area contributed by atoms with Gasteiger partial charge in [0.05, 0.1) is 11.9 Å². The van der Waals surface area contributed by atoms with Gasteiger partial charge in [-0.2, -0.15) is 0 Å². The van der Waals surface area contributed by atoms with Gasteiger partial charge < -0.3 is 16.4 Å². The zero-order valence-corrected chi connectivity index (χ0v) is 22.7. The minimum Gasteiger partial charge on any atom is -0.398 e. The fourth-order valence-electron chi connectivity index (χ4n) is 4.73. The van der Waals surface area contributed by atoms with Crippen molar-refractivity contribution in [2.75, 3.05) is 24.1 Å². The van der Waals surface area contributed by atoms with Gasteiger partial charge in [-0.1, -0.05) is 26.3 Å². The third-order valence-electron chi connectivity index (χ3n) is 7.11. The lowest BCUT2D eigenvalue weighted by Crippen LogP contribution is -2.34. The molecule has 0 saturated carbocycles. The van der Waals surface area contributed by atoms with Crippen LogP contribution >= 0.6 is 0 Å². The van der Waals surface area contributed by atoms with Gasteiger partial charge >= 0.3 is 0 Å². The molecular formula is C30H37N7O2. The van der Waals surface area contributed by atoms with Crippen LogP contribution in [0.25, 0.3) is 11.1 Å². The molecule has 0 radical (unpaired) electrons. The maximum Gasteiger partial charge on any atom is 0.274 e. The molecule has 0 spiro atoms. The molecule has 2 amide bonds. The molecule has 1 aromatic carbocycles. The van der Waals surface area contributed by atoms with Gasteiger partial charge in [-0.25, -0.2) is 4.98 Å². The van der Waals surface area contributed by atoms with Gasteiger partial charge in [-0.15, -0.1) is 0 Å². The molecule has 0 atom stereocenters. The maximum atomic E-state index is 12.9. The number of hydrogen-bond acceptors (Lipinski definition) is 7. The number of anilines is 2. The maximum absolute atomic E-state index is 12.9. The van der Waals surface area contributed by atoms with E-state index in [0.29, 0.717) is 16.9 Å². The van der Waals surface area contributed by atoms with Crippen molar-refractivity contribution in [2.24, 2.45) is 0 Å². The quantitative estimate of drug-likeness (QED) is 0.224. The van der Waals surface area contributed by atoms with E-state index in [2.05, 4.69) is 31.6 Å². The zero-order chi connectivity index (χ0) is 27.8. The summed E-state index contributed by atoms with van der Waals surface area (Å²) in [6.07, 6.45) is 10.5. The average Bonchev–Trinajstić information content (AvgIpc) is 2.96. The van der Waals surface area contributed by atoms with Crippen molar-refractivity contribution >= 4 is 28.9 Å². The van der Waals surface area contributed by atoms with Gasteiger partial charge in [0.15, 0.2) is 0 Å². The van der Waals surface area contributed by atoms with E-state index in [4.69, 9.17) is 11.1 Å². The summed E-state index contributed by atoms with van der Waals surface area (Å²) in [7, 11) is 0. The highest BCUT2D eigenvalue weighted by atomic mass is 16.2. The summed E-state index contributed by atoms with van der Waals surface area (Å²) in [5, 5.41) is 14.1. The Morgan fingerprint density at radius 3 is 2.46 bits per heavy atom. The predicted molar refractivity (Wildman–Crippen MR) is 155 cm³/mol. The molecule has 0 unspecified atom stereocenters. The summed E-state index contributed by atoms with van der Waals surface area (Å²) in [6.45, 7) is 7.09. The molecule has 1 fully saturated rings. The molecule has 4 rings (SSSR count). The Morgan fingerprint density at radius 1 is 1.00 bits per heavy atom. The number of nitrogens with two attached hydrogens (primary N) is 1. The molecule has 0 bridgehead atoms. The number of nitrogen functional groups attached to an aromatic ring is 1. The molecule has 2 aromatic heterocycles. The number of piperidine rings is 1. The first-order valence-electron chi connectivity index (χ1n) is 13.6. The Hall–Kier alpha value is -4.11. The number of nitrogens with zero attached hydrogens (tertiary/aromatic N) is 3. The standard InChI is InChI=1S/C30H37N7O2/c1-3-23(4-2)35-29(38)27-11-9-24(18-34-27)36-30(39)28(32)25-15-21(8-10-26(25)31)22-14-20(16-33-17-22)19-37-12-6-5-7-13-37/h8-11,14-18,23,32H,3-7,12-13,19,31H2,1-2H3,(H,35,38)(H,36,39).